The Hall–Kier alpha value is -1.10. The van der Waals surface area contributed by atoms with Crippen LogP contribution in [0.3, 0.4) is 0 Å². The largest absolute Gasteiger partial charge is 0.465 e. The fraction of sp³-hybridized carbons (Fsp3) is 0.429. The third kappa shape index (κ3) is 3.70. The number of hydrogen-bond donors (Lipinski definition) is 2. The van der Waals surface area contributed by atoms with Crippen molar-refractivity contribution < 1.29 is 9.52 Å². The molecule has 98 valence electrons. The minimum absolute atomic E-state index is 0.243. The summed E-state index contributed by atoms with van der Waals surface area (Å²) in [6, 6.07) is 8.12. The zero-order chi connectivity index (χ0) is 13.0. The lowest BCUT2D eigenvalue weighted by Crippen LogP contribution is -2.27. The van der Waals surface area contributed by atoms with Gasteiger partial charge in [-0.3, -0.25) is 0 Å². The van der Waals surface area contributed by atoms with E-state index in [4.69, 9.17) is 4.42 Å². The number of nitrogens with one attached hydrogen (secondary N) is 1. The normalized spacial score (nSPS) is 14.6. The third-order valence-electron chi connectivity index (χ3n) is 2.87. The molecule has 2 N–H and O–H groups in total. The molecule has 0 saturated heterocycles. The van der Waals surface area contributed by atoms with Crippen LogP contribution in [0.15, 0.2) is 34.1 Å². The molecular weight excluding hydrogens is 246 g/mol. The molecule has 18 heavy (non-hydrogen) atoms. The molecule has 2 rings (SSSR count). The molecule has 2 heterocycles. The van der Waals surface area contributed by atoms with Crippen molar-refractivity contribution in [3.05, 3.63) is 46.0 Å². The number of aliphatic hydroxyl groups is 1. The van der Waals surface area contributed by atoms with Gasteiger partial charge in [0.05, 0.1) is 12.6 Å². The molecule has 0 aliphatic rings. The van der Waals surface area contributed by atoms with E-state index in [2.05, 4.69) is 12.2 Å². The van der Waals surface area contributed by atoms with Crippen molar-refractivity contribution in [3.8, 4) is 0 Å². The molecule has 2 atom stereocenters. The second-order valence-corrected chi connectivity index (χ2v) is 5.54. The maximum atomic E-state index is 10.0. The van der Waals surface area contributed by atoms with Crippen molar-refractivity contribution in [2.45, 2.75) is 39.0 Å². The van der Waals surface area contributed by atoms with Crippen LogP contribution < -0.4 is 5.32 Å². The number of aliphatic hydroxyl groups excluding tert-OH is 1. The van der Waals surface area contributed by atoms with Crippen LogP contribution in [0.25, 0.3) is 0 Å². The van der Waals surface area contributed by atoms with Gasteiger partial charge in [0.2, 0.25) is 0 Å². The number of aryl methyl sites for hydroxylation is 1. The first kappa shape index (κ1) is 13.3. The van der Waals surface area contributed by atoms with Crippen molar-refractivity contribution in [1.29, 1.82) is 0 Å². The van der Waals surface area contributed by atoms with Crippen molar-refractivity contribution in [2.75, 3.05) is 0 Å². The summed E-state index contributed by atoms with van der Waals surface area (Å²) in [6.45, 7) is 4.71. The fourth-order valence-corrected chi connectivity index (χ4v) is 2.59. The van der Waals surface area contributed by atoms with Gasteiger partial charge in [0, 0.05) is 10.9 Å². The Kier molecular flexibility index (Phi) is 4.58. The molecule has 4 heteroatoms. The molecule has 0 aromatic carbocycles. The number of hydrogen-bond acceptors (Lipinski definition) is 4. The quantitative estimate of drug-likeness (QED) is 0.842. The van der Waals surface area contributed by atoms with E-state index in [0.717, 1.165) is 16.4 Å². The summed E-state index contributed by atoms with van der Waals surface area (Å²) in [7, 11) is 0. The molecule has 0 saturated carbocycles. The first-order chi connectivity index (χ1) is 8.65. The summed E-state index contributed by atoms with van der Waals surface area (Å²) in [6.07, 6.45) is 0.325. The van der Waals surface area contributed by atoms with Gasteiger partial charge in [-0.15, -0.1) is 11.3 Å². The molecule has 2 aromatic rings. The Morgan fingerprint density at radius 1 is 1.39 bits per heavy atom. The van der Waals surface area contributed by atoms with Crippen LogP contribution in [-0.4, -0.2) is 11.1 Å². The van der Waals surface area contributed by atoms with Crippen LogP contribution in [0.1, 0.15) is 35.8 Å². The smallest absolute Gasteiger partial charge is 0.117 e. The van der Waals surface area contributed by atoms with Gasteiger partial charge in [-0.05, 0) is 43.8 Å². The minimum Gasteiger partial charge on any atom is -0.465 e. The van der Waals surface area contributed by atoms with E-state index in [1.807, 2.05) is 36.6 Å². The van der Waals surface area contributed by atoms with Crippen LogP contribution in [-0.2, 0) is 6.54 Å². The van der Waals surface area contributed by atoms with Gasteiger partial charge in [-0.1, -0.05) is 6.07 Å². The second kappa shape index (κ2) is 6.18. The van der Waals surface area contributed by atoms with Crippen LogP contribution >= 0.6 is 11.3 Å². The lowest BCUT2D eigenvalue weighted by atomic mass is 10.1. The van der Waals surface area contributed by atoms with E-state index in [0.29, 0.717) is 13.0 Å². The summed E-state index contributed by atoms with van der Waals surface area (Å²) in [5.74, 6) is 1.86. The lowest BCUT2D eigenvalue weighted by Gasteiger charge is -2.16. The molecule has 2 aromatic heterocycles. The third-order valence-corrected chi connectivity index (χ3v) is 3.84. The van der Waals surface area contributed by atoms with Gasteiger partial charge in [0.25, 0.3) is 0 Å². The summed E-state index contributed by atoms with van der Waals surface area (Å²) < 4.78 is 5.49. The van der Waals surface area contributed by atoms with E-state index in [-0.39, 0.29) is 12.1 Å². The molecule has 0 amide bonds. The molecule has 3 nitrogen and oxygen atoms in total. The molecule has 0 bridgehead atoms. The predicted molar refractivity (Wildman–Crippen MR) is 73.6 cm³/mol. The molecule has 0 fully saturated rings. The summed E-state index contributed by atoms with van der Waals surface area (Å²) >= 11 is 1.59. The molecule has 0 aliphatic heterocycles. The fourth-order valence-electron chi connectivity index (χ4n) is 1.87. The molecule has 0 aliphatic carbocycles. The summed E-state index contributed by atoms with van der Waals surface area (Å²) in [4.78, 5) is 1.03. The summed E-state index contributed by atoms with van der Waals surface area (Å²) in [5, 5.41) is 15.4. The number of thiophene rings is 1. The Morgan fingerprint density at radius 3 is 2.83 bits per heavy atom. The predicted octanol–water partition coefficient (Wildman–Crippen LogP) is 3.25. The van der Waals surface area contributed by atoms with Crippen LogP contribution in [0, 0.1) is 6.92 Å². The van der Waals surface area contributed by atoms with Gasteiger partial charge in [0.15, 0.2) is 0 Å². The van der Waals surface area contributed by atoms with E-state index in [9.17, 15) is 5.11 Å². The van der Waals surface area contributed by atoms with E-state index in [1.165, 1.54) is 0 Å². The van der Waals surface area contributed by atoms with Crippen molar-refractivity contribution in [2.24, 2.45) is 0 Å². The van der Waals surface area contributed by atoms with Crippen LogP contribution in [0.2, 0.25) is 0 Å². The van der Waals surface area contributed by atoms with Crippen molar-refractivity contribution in [3.63, 3.8) is 0 Å². The monoisotopic (exact) mass is 265 g/mol. The Bertz CT molecular complexity index is 464. The average Bonchev–Trinajstić information content (AvgIpc) is 2.97. The minimum atomic E-state index is -0.383. The van der Waals surface area contributed by atoms with Gasteiger partial charge >= 0.3 is 0 Å². The Morgan fingerprint density at radius 2 is 2.22 bits per heavy atom. The highest BCUT2D eigenvalue weighted by atomic mass is 32.1. The molecule has 0 unspecified atom stereocenters. The molecule has 0 spiro atoms. The molecule has 0 radical (unpaired) electrons. The zero-order valence-electron chi connectivity index (χ0n) is 10.7. The van der Waals surface area contributed by atoms with Gasteiger partial charge < -0.3 is 14.8 Å². The van der Waals surface area contributed by atoms with Gasteiger partial charge in [-0.2, -0.15) is 0 Å². The zero-order valence-corrected chi connectivity index (χ0v) is 11.5. The SMILES string of the molecule is Cc1ccc(CN[C@H](C)C[C@@H](O)c2cccs2)o1. The Balaban J connectivity index is 1.76. The first-order valence-corrected chi connectivity index (χ1v) is 7.03. The maximum absolute atomic E-state index is 10.0. The van der Waals surface area contributed by atoms with E-state index < -0.39 is 0 Å². The molecular formula is C14H19NO2S. The highest BCUT2D eigenvalue weighted by molar-refractivity contribution is 7.10. The first-order valence-electron chi connectivity index (χ1n) is 6.15. The second-order valence-electron chi connectivity index (χ2n) is 4.56. The van der Waals surface area contributed by atoms with Crippen molar-refractivity contribution >= 4 is 11.3 Å². The number of furan rings is 1. The van der Waals surface area contributed by atoms with Gasteiger partial charge in [0.1, 0.15) is 11.5 Å². The highest BCUT2D eigenvalue weighted by Crippen LogP contribution is 2.22. The van der Waals surface area contributed by atoms with Crippen molar-refractivity contribution in [1.82, 2.24) is 5.32 Å². The van der Waals surface area contributed by atoms with E-state index >= 15 is 0 Å². The standard InChI is InChI=1S/C14H19NO2S/c1-10(8-13(16)14-4-3-7-18-14)15-9-12-6-5-11(2)17-12/h3-7,10,13,15-16H,8-9H2,1-2H3/t10-,13-/m1/s1. The highest BCUT2D eigenvalue weighted by Gasteiger charge is 2.13. The topological polar surface area (TPSA) is 45.4 Å². The van der Waals surface area contributed by atoms with Gasteiger partial charge in [-0.25, -0.2) is 0 Å². The Labute approximate surface area is 111 Å². The maximum Gasteiger partial charge on any atom is 0.117 e. The van der Waals surface area contributed by atoms with Crippen LogP contribution in [0.5, 0.6) is 0 Å². The summed E-state index contributed by atoms with van der Waals surface area (Å²) in [5.41, 5.74) is 0. The van der Waals surface area contributed by atoms with E-state index in [1.54, 1.807) is 11.3 Å². The van der Waals surface area contributed by atoms with Crippen LogP contribution in [0.4, 0.5) is 0 Å². The number of rotatable bonds is 6. The average molecular weight is 265 g/mol. The lowest BCUT2D eigenvalue weighted by molar-refractivity contribution is 0.157.